The lowest BCUT2D eigenvalue weighted by molar-refractivity contribution is 0.480. The standard InChI is InChI=1S/C10H7Cl2NO/c1-5-2-9(14)7-3-6(11)4-8(12)10(7)13-5/h2-4H,1H3,(H,13,14). The van der Waals surface area contributed by atoms with Crippen LogP contribution in [0.3, 0.4) is 0 Å². The molecule has 0 bridgehead atoms. The lowest BCUT2D eigenvalue weighted by Crippen LogP contribution is -1.85. The number of nitrogens with zero attached hydrogens (tertiary/aromatic N) is 1. The molecule has 0 amide bonds. The van der Waals surface area contributed by atoms with Crippen molar-refractivity contribution in [2.45, 2.75) is 6.92 Å². The molecule has 72 valence electrons. The fourth-order valence-corrected chi connectivity index (χ4v) is 1.89. The zero-order valence-electron chi connectivity index (χ0n) is 7.38. The topological polar surface area (TPSA) is 33.1 Å². The van der Waals surface area contributed by atoms with Crippen LogP contribution >= 0.6 is 23.2 Å². The molecule has 0 unspecified atom stereocenters. The molecule has 1 aromatic heterocycles. The molecule has 4 heteroatoms. The first-order valence-corrected chi connectivity index (χ1v) is 4.79. The minimum absolute atomic E-state index is 0.150. The lowest BCUT2D eigenvalue weighted by Gasteiger charge is -2.04. The number of aromatic nitrogens is 1. The van der Waals surface area contributed by atoms with E-state index in [-0.39, 0.29) is 5.75 Å². The van der Waals surface area contributed by atoms with E-state index in [1.807, 2.05) is 0 Å². The zero-order chi connectivity index (χ0) is 10.3. The Morgan fingerprint density at radius 3 is 2.64 bits per heavy atom. The van der Waals surface area contributed by atoms with Crippen molar-refractivity contribution in [1.29, 1.82) is 0 Å². The number of fused-ring (bicyclic) bond motifs is 1. The third-order valence-electron chi connectivity index (χ3n) is 1.94. The molecular weight excluding hydrogens is 221 g/mol. The maximum absolute atomic E-state index is 9.64. The van der Waals surface area contributed by atoms with Gasteiger partial charge in [0.1, 0.15) is 5.75 Å². The van der Waals surface area contributed by atoms with Crippen molar-refractivity contribution in [3.63, 3.8) is 0 Å². The lowest BCUT2D eigenvalue weighted by atomic mass is 10.2. The predicted molar refractivity (Wildman–Crippen MR) is 58.2 cm³/mol. The van der Waals surface area contributed by atoms with E-state index >= 15 is 0 Å². The first kappa shape index (κ1) is 9.56. The normalized spacial score (nSPS) is 10.8. The van der Waals surface area contributed by atoms with E-state index in [1.165, 1.54) is 0 Å². The van der Waals surface area contributed by atoms with Crippen molar-refractivity contribution in [3.05, 3.63) is 33.9 Å². The molecule has 1 N–H and O–H groups in total. The van der Waals surface area contributed by atoms with Gasteiger partial charge in [0.15, 0.2) is 0 Å². The van der Waals surface area contributed by atoms with Crippen LogP contribution in [0.1, 0.15) is 5.69 Å². The van der Waals surface area contributed by atoms with Gasteiger partial charge in [-0.2, -0.15) is 0 Å². The Labute approximate surface area is 91.1 Å². The van der Waals surface area contributed by atoms with E-state index in [4.69, 9.17) is 23.2 Å². The van der Waals surface area contributed by atoms with Gasteiger partial charge in [0.05, 0.1) is 10.5 Å². The Morgan fingerprint density at radius 2 is 1.93 bits per heavy atom. The molecule has 0 saturated heterocycles. The van der Waals surface area contributed by atoms with Crippen molar-refractivity contribution in [1.82, 2.24) is 4.98 Å². The van der Waals surface area contributed by atoms with Crippen LogP contribution in [0.15, 0.2) is 18.2 Å². The third-order valence-corrected chi connectivity index (χ3v) is 2.44. The highest BCUT2D eigenvalue weighted by atomic mass is 35.5. The van der Waals surface area contributed by atoms with Gasteiger partial charge < -0.3 is 5.11 Å². The Morgan fingerprint density at radius 1 is 1.21 bits per heavy atom. The number of pyridine rings is 1. The van der Waals surface area contributed by atoms with Crippen molar-refractivity contribution in [2.75, 3.05) is 0 Å². The van der Waals surface area contributed by atoms with Gasteiger partial charge >= 0.3 is 0 Å². The maximum Gasteiger partial charge on any atom is 0.126 e. The summed E-state index contributed by atoms with van der Waals surface area (Å²) in [7, 11) is 0. The second-order valence-corrected chi connectivity index (χ2v) is 3.91. The summed E-state index contributed by atoms with van der Waals surface area (Å²) in [4.78, 5) is 4.23. The minimum atomic E-state index is 0.150. The second-order valence-electron chi connectivity index (χ2n) is 3.07. The Hall–Kier alpha value is -0.990. The molecule has 0 radical (unpaired) electrons. The third kappa shape index (κ3) is 1.51. The zero-order valence-corrected chi connectivity index (χ0v) is 8.89. The van der Waals surface area contributed by atoms with Gasteiger partial charge in [-0.25, -0.2) is 0 Å². The molecule has 2 nitrogen and oxygen atoms in total. The first-order valence-electron chi connectivity index (χ1n) is 4.03. The van der Waals surface area contributed by atoms with Crippen LogP contribution in [-0.4, -0.2) is 10.1 Å². The van der Waals surface area contributed by atoms with Gasteiger partial charge in [-0.1, -0.05) is 23.2 Å². The van der Waals surface area contributed by atoms with Crippen LogP contribution in [-0.2, 0) is 0 Å². The van der Waals surface area contributed by atoms with Crippen molar-refractivity contribution in [3.8, 4) is 5.75 Å². The van der Waals surface area contributed by atoms with Gasteiger partial charge in [0.2, 0.25) is 0 Å². The van der Waals surface area contributed by atoms with Gasteiger partial charge in [0, 0.05) is 22.2 Å². The number of halogens is 2. The smallest absolute Gasteiger partial charge is 0.126 e. The fourth-order valence-electron chi connectivity index (χ4n) is 1.36. The Balaban J connectivity index is 2.94. The van der Waals surface area contributed by atoms with E-state index in [1.54, 1.807) is 25.1 Å². The molecule has 14 heavy (non-hydrogen) atoms. The van der Waals surface area contributed by atoms with Crippen molar-refractivity contribution >= 4 is 34.1 Å². The predicted octanol–water partition coefficient (Wildman–Crippen LogP) is 3.56. The van der Waals surface area contributed by atoms with E-state index < -0.39 is 0 Å². The van der Waals surface area contributed by atoms with E-state index in [0.717, 1.165) is 5.69 Å². The monoisotopic (exact) mass is 227 g/mol. The average Bonchev–Trinajstić information content (AvgIpc) is 2.07. The summed E-state index contributed by atoms with van der Waals surface area (Å²) in [5.41, 5.74) is 1.30. The molecule has 0 atom stereocenters. The minimum Gasteiger partial charge on any atom is -0.507 e. The quantitative estimate of drug-likeness (QED) is 0.747. The summed E-state index contributed by atoms with van der Waals surface area (Å²) >= 11 is 11.8. The highest BCUT2D eigenvalue weighted by Gasteiger charge is 2.07. The number of hydrogen-bond donors (Lipinski definition) is 1. The molecule has 0 aliphatic heterocycles. The second kappa shape index (κ2) is 3.30. The van der Waals surface area contributed by atoms with Gasteiger partial charge in [0.25, 0.3) is 0 Å². The summed E-state index contributed by atoms with van der Waals surface area (Å²) in [5, 5.41) is 11.2. The molecular formula is C10H7Cl2NO. The van der Waals surface area contributed by atoms with Gasteiger partial charge in [-0.05, 0) is 19.1 Å². The summed E-state index contributed by atoms with van der Waals surface area (Å²) in [5.74, 6) is 0.150. The molecule has 0 aliphatic carbocycles. The van der Waals surface area contributed by atoms with Crippen LogP contribution < -0.4 is 0 Å². The SMILES string of the molecule is Cc1cc(O)c2cc(Cl)cc(Cl)c2n1. The molecule has 1 heterocycles. The molecule has 2 aromatic rings. The van der Waals surface area contributed by atoms with Crippen molar-refractivity contribution in [2.24, 2.45) is 0 Å². The molecule has 0 spiro atoms. The van der Waals surface area contributed by atoms with E-state index in [0.29, 0.717) is 20.9 Å². The van der Waals surface area contributed by atoms with Crippen LogP contribution in [0.2, 0.25) is 10.0 Å². The largest absolute Gasteiger partial charge is 0.507 e. The number of rotatable bonds is 0. The maximum atomic E-state index is 9.64. The number of aromatic hydroxyl groups is 1. The average molecular weight is 228 g/mol. The van der Waals surface area contributed by atoms with Gasteiger partial charge in [-0.15, -0.1) is 0 Å². The van der Waals surface area contributed by atoms with Crippen LogP contribution in [0, 0.1) is 6.92 Å². The Kier molecular flexibility index (Phi) is 2.25. The van der Waals surface area contributed by atoms with E-state index in [2.05, 4.69) is 4.98 Å². The first-order chi connectivity index (χ1) is 6.58. The molecule has 1 aromatic carbocycles. The summed E-state index contributed by atoms with van der Waals surface area (Å²) in [6.07, 6.45) is 0. The van der Waals surface area contributed by atoms with Crippen molar-refractivity contribution < 1.29 is 5.11 Å². The van der Waals surface area contributed by atoms with Crippen LogP contribution in [0.4, 0.5) is 0 Å². The number of hydrogen-bond acceptors (Lipinski definition) is 2. The fraction of sp³-hybridized carbons (Fsp3) is 0.100. The molecule has 0 fully saturated rings. The van der Waals surface area contributed by atoms with Crippen LogP contribution in [0.25, 0.3) is 10.9 Å². The summed E-state index contributed by atoms with van der Waals surface area (Å²) in [6.45, 7) is 1.80. The molecule has 2 rings (SSSR count). The number of benzene rings is 1. The summed E-state index contributed by atoms with van der Waals surface area (Å²) < 4.78 is 0. The summed E-state index contributed by atoms with van der Waals surface area (Å²) in [6, 6.07) is 4.83. The van der Waals surface area contributed by atoms with Crippen LogP contribution in [0.5, 0.6) is 5.75 Å². The molecule has 0 saturated carbocycles. The van der Waals surface area contributed by atoms with Gasteiger partial charge in [-0.3, -0.25) is 4.98 Å². The molecule has 0 aliphatic rings. The van der Waals surface area contributed by atoms with E-state index in [9.17, 15) is 5.11 Å². The Bertz CT molecular complexity index is 464. The number of aryl methyl sites for hydroxylation is 1. The highest BCUT2D eigenvalue weighted by molar-refractivity contribution is 6.38. The highest BCUT2D eigenvalue weighted by Crippen LogP contribution is 2.32.